The first kappa shape index (κ1) is 9.41. The molecule has 0 aliphatic rings. The minimum Gasteiger partial charge on any atom is -0.313 e. The van der Waals surface area contributed by atoms with Crippen LogP contribution < -0.4 is 0 Å². The molecule has 1 aromatic carbocycles. The van der Waals surface area contributed by atoms with Gasteiger partial charge in [-0.3, -0.25) is 0 Å². The van der Waals surface area contributed by atoms with E-state index in [2.05, 4.69) is 16.3 Å². The first-order chi connectivity index (χ1) is 7.31. The second kappa shape index (κ2) is 3.93. The van der Waals surface area contributed by atoms with Gasteiger partial charge in [-0.05, 0) is 18.6 Å². The zero-order valence-electron chi connectivity index (χ0n) is 8.38. The summed E-state index contributed by atoms with van der Waals surface area (Å²) < 4.78 is 1.91. The number of hydrogen-bond acceptors (Lipinski definition) is 3. The fourth-order valence-corrected chi connectivity index (χ4v) is 1.42. The van der Waals surface area contributed by atoms with Crippen LogP contribution in [0.4, 0.5) is 0 Å². The van der Waals surface area contributed by atoms with Crippen LogP contribution in [0.15, 0.2) is 30.6 Å². The summed E-state index contributed by atoms with van der Waals surface area (Å²) in [5.74, 6) is 0.850. The van der Waals surface area contributed by atoms with Crippen LogP contribution in [-0.4, -0.2) is 14.8 Å². The number of nitriles is 1. The van der Waals surface area contributed by atoms with Gasteiger partial charge in [-0.2, -0.15) is 5.26 Å². The lowest BCUT2D eigenvalue weighted by Crippen LogP contribution is -2.02. The Kier molecular flexibility index (Phi) is 2.46. The Morgan fingerprint density at radius 2 is 2.20 bits per heavy atom. The summed E-state index contributed by atoms with van der Waals surface area (Å²) in [6.07, 6.45) is 1.67. The molecule has 0 saturated carbocycles. The van der Waals surface area contributed by atoms with Crippen molar-refractivity contribution in [1.29, 1.82) is 5.26 Å². The SMILES string of the molecule is Cc1nncn1Cc1ccccc1C#N. The van der Waals surface area contributed by atoms with Gasteiger partial charge in [0.1, 0.15) is 12.2 Å². The second-order valence-corrected chi connectivity index (χ2v) is 3.28. The van der Waals surface area contributed by atoms with Gasteiger partial charge in [0.05, 0.1) is 18.2 Å². The minimum atomic E-state index is 0.641. The molecule has 0 N–H and O–H groups in total. The predicted octanol–water partition coefficient (Wildman–Crippen LogP) is 1.51. The van der Waals surface area contributed by atoms with Crippen molar-refractivity contribution < 1.29 is 0 Å². The van der Waals surface area contributed by atoms with E-state index in [1.165, 1.54) is 0 Å². The van der Waals surface area contributed by atoms with Crippen LogP contribution in [0.5, 0.6) is 0 Å². The standard InChI is InChI=1S/C11H10N4/c1-9-14-13-8-15(9)7-11-5-3-2-4-10(11)6-12/h2-5,8H,7H2,1H3. The highest BCUT2D eigenvalue weighted by molar-refractivity contribution is 5.37. The third-order valence-electron chi connectivity index (χ3n) is 2.29. The van der Waals surface area contributed by atoms with E-state index < -0.39 is 0 Å². The van der Waals surface area contributed by atoms with Crippen molar-refractivity contribution in [2.45, 2.75) is 13.5 Å². The molecule has 0 amide bonds. The van der Waals surface area contributed by atoms with Gasteiger partial charge in [0.25, 0.3) is 0 Å². The molecule has 0 radical (unpaired) electrons. The number of hydrogen-bond donors (Lipinski definition) is 0. The Hall–Kier alpha value is -2.15. The lowest BCUT2D eigenvalue weighted by Gasteiger charge is -2.05. The van der Waals surface area contributed by atoms with Crippen molar-refractivity contribution in [1.82, 2.24) is 14.8 Å². The summed E-state index contributed by atoms with van der Waals surface area (Å²) >= 11 is 0. The molecule has 0 bridgehead atoms. The molecular formula is C11H10N4. The second-order valence-electron chi connectivity index (χ2n) is 3.28. The van der Waals surface area contributed by atoms with Crippen molar-refractivity contribution in [2.24, 2.45) is 0 Å². The van der Waals surface area contributed by atoms with Crippen molar-refractivity contribution in [3.8, 4) is 6.07 Å². The van der Waals surface area contributed by atoms with Gasteiger partial charge in [-0.15, -0.1) is 10.2 Å². The lowest BCUT2D eigenvalue weighted by atomic mass is 10.1. The van der Waals surface area contributed by atoms with Crippen molar-refractivity contribution in [3.05, 3.63) is 47.5 Å². The molecular weight excluding hydrogens is 188 g/mol. The number of aryl methyl sites for hydroxylation is 1. The van der Waals surface area contributed by atoms with E-state index in [4.69, 9.17) is 5.26 Å². The quantitative estimate of drug-likeness (QED) is 0.734. The van der Waals surface area contributed by atoms with Crippen LogP contribution in [0.1, 0.15) is 17.0 Å². The van der Waals surface area contributed by atoms with E-state index in [-0.39, 0.29) is 0 Å². The molecule has 2 rings (SSSR count). The fraction of sp³-hybridized carbons (Fsp3) is 0.182. The van der Waals surface area contributed by atoms with E-state index in [1.54, 1.807) is 6.33 Å². The van der Waals surface area contributed by atoms with E-state index in [0.717, 1.165) is 11.4 Å². The molecule has 4 heteroatoms. The minimum absolute atomic E-state index is 0.641. The molecule has 0 spiro atoms. The van der Waals surface area contributed by atoms with Crippen molar-refractivity contribution >= 4 is 0 Å². The Labute approximate surface area is 87.8 Å². The van der Waals surface area contributed by atoms with Crippen LogP contribution in [0, 0.1) is 18.3 Å². The first-order valence-corrected chi connectivity index (χ1v) is 4.63. The van der Waals surface area contributed by atoms with Crippen molar-refractivity contribution in [3.63, 3.8) is 0 Å². The Morgan fingerprint density at radius 1 is 1.40 bits per heavy atom. The third kappa shape index (κ3) is 1.86. The average Bonchev–Trinajstić information content (AvgIpc) is 2.65. The number of nitrogens with zero attached hydrogens (tertiary/aromatic N) is 4. The molecule has 0 atom stereocenters. The zero-order chi connectivity index (χ0) is 10.7. The zero-order valence-corrected chi connectivity index (χ0v) is 8.38. The summed E-state index contributed by atoms with van der Waals surface area (Å²) in [4.78, 5) is 0. The van der Waals surface area contributed by atoms with Gasteiger partial charge in [0.15, 0.2) is 0 Å². The fourth-order valence-electron chi connectivity index (χ4n) is 1.42. The Bertz CT molecular complexity index is 507. The van der Waals surface area contributed by atoms with Gasteiger partial charge in [-0.1, -0.05) is 18.2 Å². The number of benzene rings is 1. The summed E-state index contributed by atoms with van der Waals surface area (Å²) in [6.45, 7) is 2.53. The Balaban J connectivity index is 2.33. The van der Waals surface area contributed by atoms with Crippen LogP contribution in [0.25, 0.3) is 0 Å². The average molecular weight is 198 g/mol. The maximum atomic E-state index is 8.93. The highest BCUT2D eigenvalue weighted by Crippen LogP contribution is 2.09. The van der Waals surface area contributed by atoms with E-state index in [9.17, 15) is 0 Å². The van der Waals surface area contributed by atoms with Crippen LogP contribution in [0.2, 0.25) is 0 Å². The van der Waals surface area contributed by atoms with Gasteiger partial charge < -0.3 is 4.57 Å². The largest absolute Gasteiger partial charge is 0.313 e. The van der Waals surface area contributed by atoms with Crippen LogP contribution in [-0.2, 0) is 6.54 Å². The number of rotatable bonds is 2. The molecule has 0 fully saturated rings. The molecule has 0 unspecified atom stereocenters. The molecule has 15 heavy (non-hydrogen) atoms. The van der Waals surface area contributed by atoms with E-state index in [1.807, 2.05) is 35.8 Å². The monoisotopic (exact) mass is 198 g/mol. The third-order valence-corrected chi connectivity index (χ3v) is 2.29. The highest BCUT2D eigenvalue weighted by Gasteiger charge is 2.03. The molecule has 0 aliphatic carbocycles. The maximum absolute atomic E-state index is 8.93. The first-order valence-electron chi connectivity index (χ1n) is 4.63. The van der Waals surface area contributed by atoms with E-state index in [0.29, 0.717) is 12.1 Å². The smallest absolute Gasteiger partial charge is 0.129 e. The highest BCUT2D eigenvalue weighted by atomic mass is 15.2. The molecule has 0 saturated heterocycles. The molecule has 2 aromatic rings. The van der Waals surface area contributed by atoms with Gasteiger partial charge in [0.2, 0.25) is 0 Å². The van der Waals surface area contributed by atoms with Gasteiger partial charge in [0, 0.05) is 0 Å². The normalized spacial score (nSPS) is 9.87. The summed E-state index contributed by atoms with van der Waals surface area (Å²) in [5, 5.41) is 16.6. The number of aromatic nitrogens is 3. The summed E-state index contributed by atoms with van der Waals surface area (Å²) in [7, 11) is 0. The summed E-state index contributed by atoms with van der Waals surface area (Å²) in [5.41, 5.74) is 1.69. The van der Waals surface area contributed by atoms with Crippen LogP contribution >= 0.6 is 0 Å². The van der Waals surface area contributed by atoms with Crippen LogP contribution in [0.3, 0.4) is 0 Å². The molecule has 1 aromatic heterocycles. The topological polar surface area (TPSA) is 54.5 Å². The molecule has 74 valence electrons. The van der Waals surface area contributed by atoms with Gasteiger partial charge in [-0.25, -0.2) is 0 Å². The molecule has 0 aliphatic heterocycles. The summed E-state index contributed by atoms with van der Waals surface area (Å²) in [6, 6.07) is 9.72. The van der Waals surface area contributed by atoms with E-state index >= 15 is 0 Å². The molecule has 1 heterocycles. The predicted molar refractivity (Wildman–Crippen MR) is 55.0 cm³/mol. The maximum Gasteiger partial charge on any atom is 0.129 e. The van der Waals surface area contributed by atoms with Gasteiger partial charge >= 0.3 is 0 Å². The lowest BCUT2D eigenvalue weighted by molar-refractivity contribution is 0.759. The van der Waals surface area contributed by atoms with Crippen molar-refractivity contribution in [2.75, 3.05) is 0 Å². The molecule has 4 nitrogen and oxygen atoms in total. The Morgan fingerprint density at radius 3 is 2.87 bits per heavy atom.